The molecular formula is C14H21N3O3. The molecule has 1 fully saturated rings. The van der Waals surface area contributed by atoms with Crippen molar-refractivity contribution in [1.82, 2.24) is 5.32 Å². The number of ether oxygens (including phenoxy) is 2. The summed E-state index contributed by atoms with van der Waals surface area (Å²) in [7, 11) is 0. The number of amidine groups is 1. The summed E-state index contributed by atoms with van der Waals surface area (Å²) in [5.74, 6) is 0.125. The van der Waals surface area contributed by atoms with Gasteiger partial charge in [-0.25, -0.2) is 0 Å². The number of nitrogens with two attached hydrogens (primary N) is 1. The summed E-state index contributed by atoms with van der Waals surface area (Å²) in [6.45, 7) is 5.52. The highest BCUT2D eigenvalue weighted by Crippen LogP contribution is 2.11. The average Bonchev–Trinajstić information content (AvgIpc) is 2.49. The van der Waals surface area contributed by atoms with Crippen LogP contribution >= 0.6 is 0 Å². The third-order valence-electron chi connectivity index (χ3n) is 3.32. The highest BCUT2D eigenvalue weighted by atomic mass is 16.6. The van der Waals surface area contributed by atoms with E-state index in [-0.39, 0.29) is 11.9 Å². The number of hydrogen-bond acceptors (Lipinski definition) is 5. The molecule has 0 aliphatic carbocycles. The number of rotatable bonds is 5. The van der Waals surface area contributed by atoms with Crippen LogP contribution in [0.1, 0.15) is 16.7 Å². The topological polar surface area (TPSA) is 89.1 Å². The van der Waals surface area contributed by atoms with Gasteiger partial charge in [0.05, 0.1) is 25.9 Å². The summed E-state index contributed by atoms with van der Waals surface area (Å²) in [5.41, 5.74) is 8.56. The van der Waals surface area contributed by atoms with E-state index in [9.17, 15) is 0 Å². The van der Waals surface area contributed by atoms with Crippen molar-refractivity contribution in [3.63, 3.8) is 0 Å². The van der Waals surface area contributed by atoms with E-state index >= 15 is 0 Å². The minimum atomic E-state index is 0.125. The van der Waals surface area contributed by atoms with Gasteiger partial charge < -0.3 is 25.7 Å². The highest BCUT2D eigenvalue weighted by Gasteiger charge is 2.13. The second-order valence-corrected chi connectivity index (χ2v) is 4.83. The molecule has 1 aromatic carbocycles. The Morgan fingerprint density at radius 2 is 2.35 bits per heavy atom. The van der Waals surface area contributed by atoms with Gasteiger partial charge in [0, 0.05) is 18.7 Å². The van der Waals surface area contributed by atoms with Crippen LogP contribution in [-0.2, 0) is 16.0 Å². The summed E-state index contributed by atoms with van der Waals surface area (Å²) >= 11 is 0. The van der Waals surface area contributed by atoms with Gasteiger partial charge in [-0.2, -0.15) is 0 Å². The molecule has 6 heteroatoms. The first-order valence-electron chi connectivity index (χ1n) is 6.68. The molecule has 20 heavy (non-hydrogen) atoms. The zero-order chi connectivity index (χ0) is 14.4. The number of nitrogens with one attached hydrogen (secondary N) is 1. The third kappa shape index (κ3) is 3.93. The number of nitrogens with zero attached hydrogens (tertiary/aromatic N) is 1. The lowest BCUT2D eigenvalue weighted by Gasteiger charge is -2.23. The van der Waals surface area contributed by atoms with E-state index in [1.54, 1.807) is 0 Å². The fourth-order valence-corrected chi connectivity index (χ4v) is 2.13. The highest BCUT2D eigenvalue weighted by molar-refractivity contribution is 5.97. The Balaban J connectivity index is 1.86. The quantitative estimate of drug-likeness (QED) is 0.318. The SMILES string of the molecule is Cc1cc(/C(N)=N/O)ccc1CNCC1COCCO1. The molecule has 1 aromatic rings. The van der Waals surface area contributed by atoms with Crippen LogP contribution in [-0.4, -0.2) is 43.5 Å². The average molecular weight is 279 g/mol. The first kappa shape index (κ1) is 14.8. The van der Waals surface area contributed by atoms with Crippen molar-refractivity contribution in [3.8, 4) is 0 Å². The summed E-state index contributed by atoms with van der Waals surface area (Å²) < 4.78 is 10.9. The van der Waals surface area contributed by atoms with Crippen LogP contribution in [0.4, 0.5) is 0 Å². The molecular weight excluding hydrogens is 258 g/mol. The summed E-state index contributed by atoms with van der Waals surface area (Å²) in [4.78, 5) is 0. The zero-order valence-electron chi connectivity index (χ0n) is 11.6. The van der Waals surface area contributed by atoms with Gasteiger partial charge >= 0.3 is 0 Å². The van der Waals surface area contributed by atoms with E-state index in [4.69, 9.17) is 20.4 Å². The normalized spacial score (nSPS) is 20.1. The van der Waals surface area contributed by atoms with Gasteiger partial charge in [-0.3, -0.25) is 0 Å². The molecule has 1 aliphatic rings. The predicted octanol–water partition coefficient (Wildman–Crippen LogP) is 0.595. The Labute approximate surface area is 118 Å². The molecule has 0 saturated carbocycles. The molecule has 110 valence electrons. The first-order valence-corrected chi connectivity index (χ1v) is 6.68. The molecule has 0 bridgehead atoms. The van der Waals surface area contributed by atoms with E-state index in [1.807, 2.05) is 25.1 Å². The van der Waals surface area contributed by atoms with E-state index in [0.717, 1.165) is 24.2 Å². The zero-order valence-corrected chi connectivity index (χ0v) is 11.6. The van der Waals surface area contributed by atoms with Gasteiger partial charge in [0.2, 0.25) is 0 Å². The number of aryl methyl sites for hydroxylation is 1. The van der Waals surface area contributed by atoms with Crippen LogP contribution < -0.4 is 11.1 Å². The minimum absolute atomic E-state index is 0.125. The smallest absolute Gasteiger partial charge is 0.170 e. The summed E-state index contributed by atoms with van der Waals surface area (Å²) in [6, 6.07) is 5.74. The van der Waals surface area contributed by atoms with E-state index in [0.29, 0.717) is 19.8 Å². The van der Waals surface area contributed by atoms with Gasteiger partial charge in [0.25, 0.3) is 0 Å². The largest absolute Gasteiger partial charge is 0.409 e. The second kappa shape index (κ2) is 7.23. The number of hydrogen-bond donors (Lipinski definition) is 3. The number of benzene rings is 1. The maximum absolute atomic E-state index is 8.66. The standard InChI is InChI=1S/C14H21N3O3/c1-10-6-11(14(15)17-18)2-3-12(10)7-16-8-13-9-19-4-5-20-13/h2-3,6,13,16,18H,4-5,7-9H2,1H3,(H2,15,17). The van der Waals surface area contributed by atoms with E-state index < -0.39 is 0 Å². The Bertz CT molecular complexity index is 471. The molecule has 0 aromatic heterocycles. The van der Waals surface area contributed by atoms with Crippen molar-refractivity contribution in [3.05, 3.63) is 34.9 Å². The van der Waals surface area contributed by atoms with Crippen LogP contribution in [0.25, 0.3) is 0 Å². The van der Waals surface area contributed by atoms with Crippen molar-refractivity contribution >= 4 is 5.84 Å². The van der Waals surface area contributed by atoms with Gasteiger partial charge in [0.1, 0.15) is 0 Å². The molecule has 1 aliphatic heterocycles. The lowest BCUT2D eigenvalue weighted by molar-refractivity contribution is -0.0864. The molecule has 1 heterocycles. The van der Waals surface area contributed by atoms with Gasteiger partial charge in [-0.1, -0.05) is 17.3 Å². The molecule has 2 rings (SSSR count). The molecule has 1 unspecified atom stereocenters. The maximum Gasteiger partial charge on any atom is 0.170 e. The van der Waals surface area contributed by atoms with Crippen molar-refractivity contribution in [2.45, 2.75) is 19.6 Å². The Morgan fingerprint density at radius 3 is 3.00 bits per heavy atom. The van der Waals surface area contributed by atoms with E-state index in [2.05, 4.69) is 10.5 Å². The number of oxime groups is 1. The Hall–Kier alpha value is -1.63. The van der Waals surface area contributed by atoms with Crippen LogP contribution in [0.15, 0.2) is 23.4 Å². The van der Waals surface area contributed by atoms with Crippen LogP contribution in [0.5, 0.6) is 0 Å². The third-order valence-corrected chi connectivity index (χ3v) is 3.32. The molecule has 0 amide bonds. The van der Waals surface area contributed by atoms with Crippen LogP contribution in [0, 0.1) is 6.92 Å². The molecule has 0 spiro atoms. The van der Waals surface area contributed by atoms with Gasteiger partial charge in [-0.15, -0.1) is 0 Å². The monoisotopic (exact) mass is 279 g/mol. The predicted molar refractivity (Wildman–Crippen MR) is 76.0 cm³/mol. The van der Waals surface area contributed by atoms with Crippen molar-refractivity contribution < 1.29 is 14.7 Å². The van der Waals surface area contributed by atoms with Crippen molar-refractivity contribution in [1.29, 1.82) is 0 Å². The van der Waals surface area contributed by atoms with Gasteiger partial charge in [0.15, 0.2) is 5.84 Å². The van der Waals surface area contributed by atoms with E-state index in [1.165, 1.54) is 5.56 Å². The van der Waals surface area contributed by atoms with Crippen LogP contribution in [0.2, 0.25) is 0 Å². The molecule has 6 nitrogen and oxygen atoms in total. The Kier molecular flexibility index (Phi) is 5.34. The summed E-state index contributed by atoms with van der Waals surface area (Å²) in [6.07, 6.45) is 0.125. The lowest BCUT2D eigenvalue weighted by Crippen LogP contribution is -2.37. The first-order chi connectivity index (χ1) is 9.70. The van der Waals surface area contributed by atoms with Gasteiger partial charge in [-0.05, 0) is 24.1 Å². The fourth-order valence-electron chi connectivity index (χ4n) is 2.13. The molecule has 1 atom stereocenters. The second-order valence-electron chi connectivity index (χ2n) is 4.83. The minimum Gasteiger partial charge on any atom is -0.409 e. The van der Waals surface area contributed by atoms with Crippen molar-refractivity contribution in [2.75, 3.05) is 26.4 Å². The molecule has 4 N–H and O–H groups in total. The van der Waals surface area contributed by atoms with Crippen LogP contribution in [0.3, 0.4) is 0 Å². The molecule has 0 radical (unpaired) electrons. The Morgan fingerprint density at radius 1 is 1.50 bits per heavy atom. The van der Waals surface area contributed by atoms with Crippen molar-refractivity contribution in [2.24, 2.45) is 10.9 Å². The lowest BCUT2D eigenvalue weighted by atomic mass is 10.0. The summed E-state index contributed by atoms with van der Waals surface area (Å²) in [5, 5.41) is 15.0. The maximum atomic E-state index is 8.66. The fraction of sp³-hybridized carbons (Fsp3) is 0.500. The molecule has 1 saturated heterocycles.